The summed E-state index contributed by atoms with van der Waals surface area (Å²) in [6.45, 7) is 0. The molecule has 6 heteroatoms. The normalized spacial score (nSPS) is 10.2. The molecule has 0 amide bonds. The van der Waals surface area contributed by atoms with Gasteiger partial charge in [-0.25, -0.2) is 15.0 Å². The highest BCUT2D eigenvalue weighted by molar-refractivity contribution is 6.17. The summed E-state index contributed by atoms with van der Waals surface area (Å²) in [5.74, 6) is 0.906. The molecule has 0 saturated carbocycles. The van der Waals surface area contributed by atoms with E-state index in [1.807, 2.05) is 0 Å². The molecule has 2 rings (SSSR count). The van der Waals surface area contributed by atoms with Gasteiger partial charge in [-0.3, -0.25) is 0 Å². The maximum atomic E-state index is 5.59. The molecule has 0 spiro atoms. The van der Waals surface area contributed by atoms with Crippen LogP contribution in [0.1, 0.15) is 5.56 Å². The first-order valence-corrected chi connectivity index (χ1v) is 4.15. The second kappa shape index (κ2) is 3.49. The van der Waals surface area contributed by atoms with Crippen LogP contribution in [0.5, 0.6) is 0 Å². The summed E-state index contributed by atoms with van der Waals surface area (Å²) < 4.78 is 1.48. The van der Waals surface area contributed by atoms with Crippen LogP contribution in [0, 0.1) is 0 Å². The van der Waals surface area contributed by atoms with E-state index in [-0.39, 0.29) is 0 Å². The molecular weight excluding hydrogens is 190 g/mol. The molecule has 0 radical (unpaired) electrons. The number of hydrogen-bond donors (Lipinski definition) is 0. The fraction of sp³-hybridized carbons (Fsp3) is 0.143. The molecule has 5 nitrogen and oxygen atoms in total. The van der Waals surface area contributed by atoms with Crippen molar-refractivity contribution in [1.29, 1.82) is 0 Å². The third kappa shape index (κ3) is 1.65. The fourth-order valence-corrected chi connectivity index (χ4v) is 0.985. The summed E-state index contributed by atoms with van der Waals surface area (Å²) in [5.41, 5.74) is 0.880. The Morgan fingerprint density at radius 2 is 2.08 bits per heavy atom. The number of aromatic nitrogens is 5. The van der Waals surface area contributed by atoms with E-state index in [9.17, 15) is 0 Å². The van der Waals surface area contributed by atoms with Crippen LogP contribution in [0.3, 0.4) is 0 Å². The Kier molecular flexibility index (Phi) is 2.18. The quantitative estimate of drug-likeness (QED) is 0.665. The van der Waals surface area contributed by atoms with Crippen molar-refractivity contribution in [2.75, 3.05) is 0 Å². The van der Waals surface area contributed by atoms with Crippen LogP contribution in [-0.4, -0.2) is 24.7 Å². The Morgan fingerprint density at radius 3 is 2.62 bits per heavy atom. The van der Waals surface area contributed by atoms with E-state index in [4.69, 9.17) is 11.6 Å². The fourth-order valence-electron chi connectivity index (χ4n) is 0.847. The number of rotatable bonds is 2. The number of nitrogens with zero attached hydrogens (tertiary/aromatic N) is 5. The van der Waals surface area contributed by atoms with Gasteiger partial charge in [-0.1, -0.05) is 0 Å². The lowest BCUT2D eigenvalue weighted by Gasteiger charge is -1.97. The smallest absolute Gasteiger partial charge is 0.223 e. The van der Waals surface area contributed by atoms with Crippen LogP contribution in [0.25, 0.3) is 5.95 Å². The van der Waals surface area contributed by atoms with Gasteiger partial charge in [0.2, 0.25) is 0 Å². The van der Waals surface area contributed by atoms with Gasteiger partial charge in [-0.2, -0.15) is 9.78 Å². The zero-order chi connectivity index (χ0) is 9.10. The van der Waals surface area contributed by atoms with E-state index < -0.39 is 0 Å². The van der Waals surface area contributed by atoms with E-state index in [0.29, 0.717) is 11.8 Å². The number of hydrogen-bond acceptors (Lipinski definition) is 4. The van der Waals surface area contributed by atoms with Crippen molar-refractivity contribution in [3.63, 3.8) is 0 Å². The van der Waals surface area contributed by atoms with Crippen molar-refractivity contribution in [3.05, 3.63) is 30.6 Å². The van der Waals surface area contributed by atoms with E-state index in [1.54, 1.807) is 12.4 Å². The van der Waals surface area contributed by atoms with Gasteiger partial charge >= 0.3 is 0 Å². The first-order chi connectivity index (χ1) is 6.40. The molecule has 0 N–H and O–H groups in total. The predicted molar refractivity (Wildman–Crippen MR) is 46.5 cm³/mol. The first kappa shape index (κ1) is 8.12. The monoisotopic (exact) mass is 195 g/mol. The lowest BCUT2D eigenvalue weighted by Crippen LogP contribution is -2.01. The molecule has 0 saturated heterocycles. The molecule has 0 aromatic carbocycles. The predicted octanol–water partition coefficient (Wildman–Crippen LogP) is 0.796. The summed E-state index contributed by atoms with van der Waals surface area (Å²) in [6, 6.07) is 0. The Morgan fingerprint density at radius 1 is 1.31 bits per heavy atom. The molecule has 2 heterocycles. The molecule has 0 fully saturated rings. The SMILES string of the molecule is ClCc1cnc(-n2cncn2)nc1. The van der Waals surface area contributed by atoms with Crippen LogP contribution in [0.15, 0.2) is 25.0 Å². The summed E-state index contributed by atoms with van der Waals surface area (Å²) in [7, 11) is 0. The zero-order valence-corrected chi connectivity index (χ0v) is 7.39. The molecule has 2 aromatic heterocycles. The highest BCUT2D eigenvalue weighted by Gasteiger charge is 1.99. The maximum Gasteiger partial charge on any atom is 0.251 e. The van der Waals surface area contributed by atoms with Crippen LogP contribution >= 0.6 is 11.6 Å². The van der Waals surface area contributed by atoms with Gasteiger partial charge in [-0.05, 0) is 0 Å². The van der Waals surface area contributed by atoms with Crippen molar-refractivity contribution in [3.8, 4) is 5.95 Å². The lowest BCUT2D eigenvalue weighted by atomic mass is 10.4. The van der Waals surface area contributed by atoms with E-state index in [1.165, 1.54) is 17.3 Å². The summed E-state index contributed by atoms with van der Waals surface area (Å²) in [6.07, 6.45) is 6.29. The minimum atomic E-state index is 0.414. The summed E-state index contributed by atoms with van der Waals surface area (Å²) in [4.78, 5) is 11.9. The molecule has 0 aliphatic rings. The average Bonchev–Trinajstić information content (AvgIpc) is 2.71. The van der Waals surface area contributed by atoms with E-state index >= 15 is 0 Å². The summed E-state index contributed by atoms with van der Waals surface area (Å²) in [5, 5.41) is 3.89. The van der Waals surface area contributed by atoms with Crippen LogP contribution < -0.4 is 0 Å². The molecule has 0 aliphatic heterocycles. The molecule has 0 aliphatic carbocycles. The van der Waals surface area contributed by atoms with Gasteiger partial charge in [-0.15, -0.1) is 11.6 Å². The third-order valence-corrected chi connectivity index (χ3v) is 1.78. The first-order valence-electron chi connectivity index (χ1n) is 3.62. The number of halogens is 1. The van der Waals surface area contributed by atoms with Crippen LogP contribution in [-0.2, 0) is 5.88 Å². The van der Waals surface area contributed by atoms with Gasteiger partial charge in [0.05, 0.1) is 5.88 Å². The standard InChI is InChI=1S/C7H6ClN5/c8-1-6-2-10-7(11-3-6)13-5-9-4-12-13/h2-5H,1H2. The topological polar surface area (TPSA) is 56.5 Å². The van der Waals surface area contributed by atoms with Crippen molar-refractivity contribution in [1.82, 2.24) is 24.7 Å². The van der Waals surface area contributed by atoms with Crippen molar-refractivity contribution >= 4 is 11.6 Å². The van der Waals surface area contributed by atoms with Crippen LogP contribution in [0.2, 0.25) is 0 Å². The van der Waals surface area contributed by atoms with Crippen molar-refractivity contribution in [2.24, 2.45) is 0 Å². The molecule has 0 bridgehead atoms. The van der Waals surface area contributed by atoms with Gasteiger partial charge in [0, 0.05) is 18.0 Å². The van der Waals surface area contributed by atoms with Gasteiger partial charge in [0.25, 0.3) is 5.95 Å². The van der Waals surface area contributed by atoms with Gasteiger partial charge < -0.3 is 0 Å². The van der Waals surface area contributed by atoms with Gasteiger partial charge in [0.1, 0.15) is 12.7 Å². The average molecular weight is 196 g/mol. The molecule has 0 atom stereocenters. The Balaban J connectivity index is 2.33. The largest absolute Gasteiger partial charge is 0.251 e. The second-order valence-electron chi connectivity index (χ2n) is 2.36. The van der Waals surface area contributed by atoms with E-state index in [0.717, 1.165) is 5.56 Å². The van der Waals surface area contributed by atoms with Crippen LogP contribution in [0.4, 0.5) is 0 Å². The second-order valence-corrected chi connectivity index (χ2v) is 2.63. The zero-order valence-electron chi connectivity index (χ0n) is 6.63. The highest BCUT2D eigenvalue weighted by atomic mass is 35.5. The molecular formula is C7H6ClN5. The Hall–Kier alpha value is -1.49. The molecule has 0 unspecified atom stereocenters. The van der Waals surface area contributed by atoms with Crippen molar-refractivity contribution in [2.45, 2.75) is 5.88 Å². The molecule has 13 heavy (non-hydrogen) atoms. The minimum Gasteiger partial charge on any atom is -0.223 e. The van der Waals surface area contributed by atoms with Crippen molar-refractivity contribution < 1.29 is 0 Å². The Bertz CT molecular complexity index is 368. The third-order valence-electron chi connectivity index (χ3n) is 1.47. The maximum absolute atomic E-state index is 5.59. The number of alkyl halides is 1. The molecule has 2 aromatic rings. The lowest BCUT2D eigenvalue weighted by molar-refractivity contribution is 0.803. The Labute approximate surface area is 79.4 Å². The summed E-state index contributed by atoms with van der Waals surface area (Å²) >= 11 is 5.59. The minimum absolute atomic E-state index is 0.414. The molecule has 66 valence electrons. The highest BCUT2D eigenvalue weighted by Crippen LogP contribution is 2.01. The van der Waals surface area contributed by atoms with Gasteiger partial charge in [0.15, 0.2) is 0 Å². The van der Waals surface area contributed by atoms with E-state index in [2.05, 4.69) is 20.1 Å².